The maximum Gasteiger partial charge on any atom is 0.335 e. The predicted octanol–water partition coefficient (Wildman–Crippen LogP) is 5.79. The van der Waals surface area contributed by atoms with Crippen molar-refractivity contribution in [1.29, 1.82) is 5.41 Å². The molecule has 0 saturated carbocycles. The molecule has 0 radical (unpaired) electrons. The van der Waals surface area contributed by atoms with Gasteiger partial charge in [-0.25, -0.2) is 4.79 Å². The zero-order valence-electron chi connectivity index (χ0n) is 17.2. The van der Waals surface area contributed by atoms with Crippen molar-refractivity contribution in [3.63, 3.8) is 0 Å². The minimum Gasteiger partial charge on any atom is -0.478 e. The molecule has 0 fully saturated rings. The van der Waals surface area contributed by atoms with Crippen molar-refractivity contribution in [3.05, 3.63) is 98.5 Å². The van der Waals surface area contributed by atoms with Crippen LogP contribution in [0.4, 0.5) is 5.69 Å². The molecule has 0 aliphatic heterocycles. The minimum atomic E-state index is -1.01. The molecule has 0 unspecified atom stereocenters. The molecule has 164 valence electrons. The fourth-order valence-corrected chi connectivity index (χ4v) is 3.67. The van der Waals surface area contributed by atoms with Crippen molar-refractivity contribution >= 4 is 47.0 Å². The molecule has 3 rings (SSSR count). The SMILES string of the molecule is C[C@H](NC(=O)c1cc(Cl)cc(C=N)c1NCc1cccc(Cl)c1)c1ccc(C(=O)O)cc1. The second kappa shape index (κ2) is 10.3. The van der Waals surface area contributed by atoms with E-state index in [1.54, 1.807) is 37.3 Å². The van der Waals surface area contributed by atoms with Crippen LogP contribution in [0.3, 0.4) is 0 Å². The van der Waals surface area contributed by atoms with Crippen LogP contribution in [0.25, 0.3) is 0 Å². The zero-order valence-corrected chi connectivity index (χ0v) is 18.7. The lowest BCUT2D eigenvalue weighted by Crippen LogP contribution is -2.28. The van der Waals surface area contributed by atoms with Gasteiger partial charge in [-0.1, -0.05) is 47.5 Å². The summed E-state index contributed by atoms with van der Waals surface area (Å²) in [6.45, 7) is 2.20. The van der Waals surface area contributed by atoms with Gasteiger partial charge in [-0.2, -0.15) is 0 Å². The summed E-state index contributed by atoms with van der Waals surface area (Å²) in [5.41, 5.74) is 3.10. The Morgan fingerprint density at radius 1 is 1.06 bits per heavy atom. The number of aromatic carboxylic acids is 1. The third kappa shape index (κ3) is 5.66. The van der Waals surface area contributed by atoms with E-state index in [0.717, 1.165) is 17.3 Å². The van der Waals surface area contributed by atoms with Crippen molar-refractivity contribution in [1.82, 2.24) is 5.32 Å². The van der Waals surface area contributed by atoms with Crippen molar-refractivity contribution < 1.29 is 14.7 Å². The Hall–Kier alpha value is -3.35. The number of hydrogen-bond donors (Lipinski definition) is 4. The fourth-order valence-electron chi connectivity index (χ4n) is 3.23. The van der Waals surface area contributed by atoms with E-state index in [1.807, 2.05) is 18.2 Å². The fraction of sp³-hybridized carbons (Fsp3) is 0.125. The number of carboxylic acids is 1. The maximum atomic E-state index is 13.1. The minimum absolute atomic E-state index is 0.172. The Balaban J connectivity index is 1.84. The molecule has 0 bridgehead atoms. The van der Waals surface area contributed by atoms with Gasteiger partial charge in [-0.05, 0) is 54.4 Å². The summed E-state index contributed by atoms with van der Waals surface area (Å²) in [4.78, 5) is 24.2. The molecule has 8 heteroatoms. The van der Waals surface area contributed by atoms with E-state index in [0.29, 0.717) is 33.4 Å². The van der Waals surface area contributed by atoms with E-state index in [-0.39, 0.29) is 17.5 Å². The molecule has 6 nitrogen and oxygen atoms in total. The van der Waals surface area contributed by atoms with E-state index in [9.17, 15) is 9.59 Å². The number of nitrogens with one attached hydrogen (secondary N) is 3. The average molecular weight is 470 g/mol. The number of carboxylic acid groups (broad SMARTS) is 1. The van der Waals surface area contributed by atoms with Crippen molar-refractivity contribution in [2.75, 3.05) is 5.32 Å². The van der Waals surface area contributed by atoms with Gasteiger partial charge in [0.1, 0.15) is 0 Å². The number of benzene rings is 3. The van der Waals surface area contributed by atoms with Crippen LogP contribution >= 0.6 is 23.2 Å². The smallest absolute Gasteiger partial charge is 0.335 e. The number of carbonyl (C=O) groups excluding carboxylic acids is 1. The molecule has 1 amide bonds. The average Bonchev–Trinajstić information content (AvgIpc) is 2.77. The first-order chi connectivity index (χ1) is 15.3. The van der Waals surface area contributed by atoms with Crippen LogP contribution in [0.5, 0.6) is 0 Å². The molecule has 3 aromatic rings. The van der Waals surface area contributed by atoms with Gasteiger partial charge in [-0.3, -0.25) is 4.79 Å². The molecular formula is C24H21Cl2N3O3. The first-order valence-corrected chi connectivity index (χ1v) is 10.5. The van der Waals surface area contributed by atoms with Crippen molar-refractivity contribution in [3.8, 4) is 0 Å². The lowest BCUT2D eigenvalue weighted by Gasteiger charge is -2.19. The number of carbonyl (C=O) groups is 2. The van der Waals surface area contributed by atoms with E-state index in [1.165, 1.54) is 12.1 Å². The summed E-state index contributed by atoms with van der Waals surface area (Å²) in [5.74, 6) is -1.39. The van der Waals surface area contributed by atoms with Gasteiger partial charge in [0, 0.05) is 28.4 Å². The lowest BCUT2D eigenvalue weighted by molar-refractivity contribution is 0.0696. The second-order valence-electron chi connectivity index (χ2n) is 7.17. The normalized spacial score (nSPS) is 11.5. The molecule has 0 saturated heterocycles. The zero-order chi connectivity index (χ0) is 23.3. The number of rotatable bonds is 8. The molecule has 1 atom stereocenters. The van der Waals surface area contributed by atoms with Crippen LogP contribution < -0.4 is 10.6 Å². The number of hydrogen-bond acceptors (Lipinski definition) is 4. The summed E-state index contributed by atoms with van der Waals surface area (Å²) < 4.78 is 0. The lowest BCUT2D eigenvalue weighted by atomic mass is 10.0. The maximum absolute atomic E-state index is 13.1. The number of amides is 1. The van der Waals surface area contributed by atoms with E-state index in [4.69, 9.17) is 33.7 Å². The Morgan fingerprint density at radius 3 is 2.41 bits per heavy atom. The van der Waals surface area contributed by atoms with Gasteiger partial charge >= 0.3 is 5.97 Å². The third-order valence-electron chi connectivity index (χ3n) is 4.90. The van der Waals surface area contributed by atoms with Crippen LogP contribution in [-0.2, 0) is 6.54 Å². The molecule has 3 aromatic carbocycles. The molecule has 0 aromatic heterocycles. The highest BCUT2D eigenvalue weighted by atomic mass is 35.5. The second-order valence-corrected chi connectivity index (χ2v) is 8.04. The predicted molar refractivity (Wildman–Crippen MR) is 127 cm³/mol. The van der Waals surface area contributed by atoms with Crippen LogP contribution in [-0.4, -0.2) is 23.2 Å². The van der Waals surface area contributed by atoms with Crippen LogP contribution in [0, 0.1) is 5.41 Å². The standard InChI is InChI=1S/C24H21Cl2N3O3/c1-14(16-5-7-17(8-6-16)24(31)32)29-23(30)21-11-20(26)10-18(12-27)22(21)28-13-15-3-2-4-19(25)9-15/h2-12,14,27-28H,13H2,1H3,(H,29,30)(H,31,32)/t14-/m0/s1. The molecule has 0 aliphatic carbocycles. The number of halogens is 2. The molecule has 4 N–H and O–H groups in total. The molecule has 32 heavy (non-hydrogen) atoms. The Kier molecular flexibility index (Phi) is 7.51. The Bertz CT molecular complexity index is 1160. The van der Waals surface area contributed by atoms with Gasteiger partial charge in [0.2, 0.25) is 0 Å². The highest BCUT2D eigenvalue weighted by Crippen LogP contribution is 2.27. The van der Waals surface area contributed by atoms with Gasteiger partial charge in [0.15, 0.2) is 0 Å². The summed E-state index contributed by atoms with van der Waals surface area (Å²) in [6, 6.07) is 16.4. The van der Waals surface area contributed by atoms with Gasteiger partial charge < -0.3 is 21.1 Å². The largest absolute Gasteiger partial charge is 0.478 e. The van der Waals surface area contributed by atoms with Crippen molar-refractivity contribution in [2.24, 2.45) is 0 Å². The topological polar surface area (TPSA) is 102 Å². The van der Waals surface area contributed by atoms with Gasteiger partial charge in [-0.15, -0.1) is 0 Å². The van der Waals surface area contributed by atoms with Crippen LogP contribution in [0.15, 0.2) is 60.7 Å². The van der Waals surface area contributed by atoms with Crippen LogP contribution in [0.1, 0.15) is 50.4 Å². The van der Waals surface area contributed by atoms with Gasteiger partial charge in [0.05, 0.1) is 22.9 Å². The highest BCUT2D eigenvalue weighted by Gasteiger charge is 2.19. The summed E-state index contributed by atoms with van der Waals surface area (Å²) in [5, 5.41) is 23.9. The summed E-state index contributed by atoms with van der Waals surface area (Å²) >= 11 is 12.3. The molecule has 0 spiro atoms. The van der Waals surface area contributed by atoms with Crippen molar-refractivity contribution in [2.45, 2.75) is 19.5 Å². The highest BCUT2D eigenvalue weighted by molar-refractivity contribution is 6.31. The molecular weight excluding hydrogens is 449 g/mol. The van der Waals surface area contributed by atoms with Crippen LogP contribution in [0.2, 0.25) is 10.0 Å². The summed E-state index contributed by atoms with van der Waals surface area (Å²) in [7, 11) is 0. The van der Waals surface area contributed by atoms with E-state index >= 15 is 0 Å². The molecule has 0 heterocycles. The van der Waals surface area contributed by atoms with E-state index in [2.05, 4.69) is 10.6 Å². The summed E-state index contributed by atoms with van der Waals surface area (Å²) in [6.07, 6.45) is 1.14. The third-order valence-corrected chi connectivity index (χ3v) is 5.35. The quantitative estimate of drug-likeness (QED) is 0.313. The van der Waals surface area contributed by atoms with Gasteiger partial charge in [0.25, 0.3) is 5.91 Å². The Morgan fingerprint density at radius 2 is 1.78 bits per heavy atom. The first-order valence-electron chi connectivity index (χ1n) is 9.75. The monoisotopic (exact) mass is 469 g/mol. The Labute approximate surface area is 195 Å². The first kappa shape index (κ1) is 23.3. The van der Waals surface area contributed by atoms with E-state index < -0.39 is 5.97 Å². The number of anilines is 1. The molecule has 0 aliphatic rings.